The Kier molecular flexibility index (Phi) is 8.53. The quantitative estimate of drug-likeness (QED) is 0.269. The van der Waals surface area contributed by atoms with Crippen molar-refractivity contribution in [2.75, 3.05) is 0 Å². The molecule has 1 aliphatic rings. The molecule has 0 N–H and O–H groups in total. The summed E-state index contributed by atoms with van der Waals surface area (Å²) in [6, 6.07) is 16.0. The summed E-state index contributed by atoms with van der Waals surface area (Å²) in [6.45, 7) is -0.612. The number of fused-ring (bicyclic) bond motifs is 1. The number of hydrogen-bond donors (Lipinski definition) is 0. The van der Waals surface area contributed by atoms with E-state index < -0.39 is 6.61 Å². The lowest BCUT2D eigenvalue weighted by Crippen LogP contribution is -2.13. The van der Waals surface area contributed by atoms with Gasteiger partial charge >= 0.3 is 6.61 Å². The molecule has 0 amide bonds. The van der Waals surface area contributed by atoms with E-state index in [1.165, 1.54) is 81.9 Å². The van der Waals surface area contributed by atoms with E-state index in [1.54, 1.807) is 18.2 Å². The molecule has 1 aliphatic carbocycles. The van der Waals surface area contributed by atoms with E-state index in [4.69, 9.17) is 0 Å². The van der Waals surface area contributed by atoms with Gasteiger partial charge in [-0.1, -0.05) is 87.9 Å². The first-order valence-electron chi connectivity index (χ1n) is 12.8. The second-order valence-electron chi connectivity index (χ2n) is 9.73. The van der Waals surface area contributed by atoms with Crippen LogP contribution in [-0.4, -0.2) is 6.61 Å². The monoisotopic (exact) mass is 468 g/mol. The van der Waals surface area contributed by atoms with Gasteiger partial charge in [0.25, 0.3) is 0 Å². The normalized spacial score (nSPS) is 18.5. The second-order valence-corrected chi connectivity index (χ2v) is 9.73. The van der Waals surface area contributed by atoms with Crippen molar-refractivity contribution in [3.63, 3.8) is 0 Å². The number of rotatable bonds is 10. The van der Waals surface area contributed by atoms with Gasteiger partial charge in [0.15, 0.2) is 0 Å². The van der Waals surface area contributed by atoms with Gasteiger partial charge in [0.2, 0.25) is 0 Å². The van der Waals surface area contributed by atoms with Crippen LogP contribution in [0.2, 0.25) is 0 Å². The first kappa shape index (κ1) is 24.6. The van der Waals surface area contributed by atoms with E-state index in [-0.39, 0.29) is 11.6 Å². The van der Waals surface area contributed by atoms with Crippen molar-refractivity contribution < 1.29 is 17.9 Å². The summed E-state index contributed by atoms with van der Waals surface area (Å²) in [5.41, 5.74) is 2.41. The molecular weight excluding hydrogens is 433 g/mol. The average molecular weight is 469 g/mol. The van der Waals surface area contributed by atoms with E-state index in [1.807, 2.05) is 12.1 Å². The van der Waals surface area contributed by atoms with E-state index in [0.717, 1.165) is 11.3 Å². The molecule has 1 saturated carbocycles. The van der Waals surface area contributed by atoms with Crippen molar-refractivity contribution in [3.05, 3.63) is 66.0 Å². The Labute approximate surface area is 201 Å². The molecule has 3 aromatic carbocycles. The molecule has 0 saturated heterocycles. The molecule has 4 rings (SSSR count). The SMILES string of the molecule is CCCCCCC[C@H]1CC[C@H](c2ccc3c(F)c(-c4ccc(OC(F)F)cc4)ccc3c2)CC1. The number of ether oxygens (including phenoxy) is 1. The Morgan fingerprint density at radius 3 is 2.29 bits per heavy atom. The van der Waals surface area contributed by atoms with Crippen LogP contribution >= 0.6 is 0 Å². The summed E-state index contributed by atoms with van der Waals surface area (Å²) < 4.78 is 44.5. The third kappa shape index (κ3) is 6.14. The van der Waals surface area contributed by atoms with E-state index >= 15 is 4.39 Å². The number of benzene rings is 3. The molecule has 0 heterocycles. The van der Waals surface area contributed by atoms with Crippen LogP contribution in [0.25, 0.3) is 21.9 Å². The van der Waals surface area contributed by atoms with Crippen molar-refractivity contribution in [1.29, 1.82) is 0 Å². The zero-order chi connectivity index (χ0) is 23.9. The molecule has 182 valence electrons. The molecule has 1 fully saturated rings. The van der Waals surface area contributed by atoms with Crippen LogP contribution in [0.15, 0.2) is 54.6 Å². The van der Waals surface area contributed by atoms with Crippen molar-refractivity contribution in [1.82, 2.24) is 0 Å². The van der Waals surface area contributed by atoms with Gasteiger partial charge in [-0.25, -0.2) is 4.39 Å². The Bertz CT molecular complexity index is 1050. The second kappa shape index (κ2) is 11.8. The van der Waals surface area contributed by atoms with Gasteiger partial charge in [-0.3, -0.25) is 0 Å². The molecule has 3 aromatic rings. The van der Waals surface area contributed by atoms with Gasteiger partial charge in [-0.15, -0.1) is 0 Å². The number of alkyl halides is 2. The Morgan fingerprint density at radius 2 is 1.59 bits per heavy atom. The molecule has 0 aromatic heterocycles. The van der Waals surface area contributed by atoms with Crippen LogP contribution in [0, 0.1) is 11.7 Å². The minimum absolute atomic E-state index is 0.0656. The highest BCUT2D eigenvalue weighted by atomic mass is 19.3. The molecule has 0 atom stereocenters. The van der Waals surface area contributed by atoms with Gasteiger partial charge in [0.1, 0.15) is 11.6 Å². The summed E-state index contributed by atoms with van der Waals surface area (Å²) in [7, 11) is 0. The molecule has 0 unspecified atom stereocenters. The molecule has 34 heavy (non-hydrogen) atoms. The zero-order valence-corrected chi connectivity index (χ0v) is 20.0. The predicted molar refractivity (Wildman–Crippen MR) is 134 cm³/mol. The van der Waals surface area contributed by atoms with Crippen molar-refractivity contribution in [2.24, 2.45) is 5.92 Å². The topological polar surface area (TPSA) is 9.23 Å². The van der Waals surface area contributed by atoms with Crippen LogP contribution in [0.5, 0.6) is 5.75 Å². The maximum absolute atomic E-state index is 15.3. The zero-order valence-electron chi connectivity index (χ0n) is 20.0. The highest BCUT2D eigenvalue weighted by molar-refractivity contribution is 5.89. The Balaban J connectivity index is 1.40. The Hall–Kier alpha value is -2.49. The number of unbranched alkanes of at least 4 members (excludes halogenated alkanes) is 4. The summed E-state index contributed by atoms with van der Waals surface area (Å²) in [5, 5.41) is 1.50. The fraction of sp³-hybridized carbons (Fsp3) is 0.467. The van der Waals surface area contributed by atoms with Gasteiger partial charge in [-0.2, -0.15) is 8.78 Å². The van der Waals surface area contributed by atoms with Gasteiger partial charge in [-0.05, 0) is 66.2 Å². The summed E-state index contributed by atoms with van der Waals surface area (Å²) >= 11 is 0. The maximum Gasteiger partial charge on any atom is 0.387 e. The smallest absolute Gasteiger partial charge is 0.387 e. The highest BCUT2D eigenvalue weighted by Crippen LogP contribution is 2.39. The van der Waals surface area contributed by atoms with Crippen molar-refractivity contribution >= 4 is 10.8 Å². The number of hydrogen-bond acceptors (Lipinski definition) is 1. The summed E-state index contributed by atoms with van der Waals surface area (Å²) in [4.78, 5) is 0. The molecule has 0 aliphatic heterocycles. The molecule has 4 heteroatoms. The van der Waals surface area contributed by atoms with Gasteiger partial charge < -0.3 is 4.74 Å². The lowest BCUT2D eigenvalue weighted by Gasteiger charge is -2.29. The van der Waals surface area contributed by atoms with Crippen LogP contribution in [0.1, 0.15) is 82.6 Å². The van der Waals surface area contributed by atoms with E-state index in [9.17, 15) is 8.78 Å². The minimum Gasteiger partial charge on any atom is -0.435 e. The average Bonchev–Trinajstić information content (AvgIpc) is 2.85. The van der Waals surface area contributed by atoms with Crippen molar-refractivity contribution in [3.8, 4) is 16.9 Å². The van der Waals surface area contributed by atoms with Crippen LogP contribution < -0.4 is 4.74 Å². The van der Waals surface area contributed by atoms with Crippen LogP contribution in [-0.2, 0) is 0 Å². The first-order valence-corrected chi connectivity index (χ1v) is 12.8. The Morgan fingerprint density at radius 1 is 0.853 bits per heavy atom. The van der Waals surface area contributed by atoms with Crippen LogP contribution in [0.3, 0.4) is 0 Å². The molecule has 0 bridgehead atoms. The largest absolute Gasteiger partial charge is 0.435 e. The minimum atomic E-state index is -2.87. The third-order valence-corrected chi connectivity index (χ3v) is 7.40. The number of halogens is 3. The van der Waals surface area contributed by atoms with Gasteiger partial charge in [0, 0.05) is 10.9 Å². The highest BCUT2D eigenvalue weighted by Gasteiger charge is 2.22. The third-order valence-electron chi connectivity index (χ3n) is 7.40. The predicted octanol–water partition coefficient (Wildman–Crippen LogP) is 9.88. The molecule has 0 spiro atoms. The summed E-state index contributed by atoms with van der Waals surface area (Å²) in [5.74, 6) is 1.22. The lowest BCUT2D eigenvalue weighted by atomic mass is 9.76. The molecule has 1 nitrogen and oxygen atoms in total. The fourth-order valence-corrected chi connectivity index (χ4v) is 5.42. The molecular formula is C30H35F3O. The van der Waals surface area contributed by atoms with E-state index in [2.05, 4.69) is 23.8 Å². The standard InChI is InChI=1S/C30H35F3O/c1-2-3-4-5-6-7-21-8-10-22(11-9-21)24-14-18-28-25(20-24)15-19-27(29(28)31)23-12-16-26(17-13-23)34-30(32)33/h12-22,30H,2-11H2,1H3/t21-,22-. The van der Waals surface area contributed by atoms with E-state index in [0.29, 0.717) is 22.4 Å². The summed E-state index contributed by atoms with van der Waals surface area (Å²) in [6.07, 6.45) is 13.2. The maximum atomic E-state index is 15.3. The fourth-order valence-electron chi connectivity index (χ4n) is 5.42. The first-order chi connectivity index (χ1) is 16.5. The lowest BCUT2D eigenvalue weighted by molar-refractivity contribution is -0.0498. The van der Waals surface area contributed by atoms with Crippen LogP contribution in [0.4, 0.5) is 13.2 Å². The van der Waals surface area contributed by atoms with Gasteiger partial charge in [0.05, 0.1) is 0 Å². The molecule has 0 radical (unpaired) electrons. The van der Waals surface area contributed by atoms with Crippen molar-refractivity contribution in [2.45, 2.75) is 83.7 Å².